The van der Waals surface area contributed by atoms with E-state index in [0.29, 0.717) is 0 Å². The first-order chi connectivity index (χ1) is 16.5. The summed E-state index contributed by atoms with van der Waals surface area (Å²) in [5, 5.41) is 2.66. The van der Waals surface area contributed by atoms with E-state index in [0.717, 1.165) is 18.4 Å². The molecule has 4 nitrogen and oxygen atoms in total. The summed E-state index contributed by atoms with van der Waals surface area (Å²) in [6.45, 7) is 2.24. The molecule has 3 aromatic carbocycles. The highest BCUT2D eigenvalue weighted by Gasteiger charge is 2.14. The predicted molar refractivity (Wildman–Crippen MR) is 140 cm³/mol. The van der Waals surface area contributed by atoms with Crippen molar-refractivity contribution in [3.8, 4) is 0 Å². The fourth-order valence-corrected chi connectivity index (χ4v) is 4.87. The van der Waals surface area contributed by atoms with Gasteiger partial charge in [0.1, 0.15) is 10.1 Å². The van der Waals surface area contributed by atoms with Crippen LogP contribution in [0.1, 0.15) is 82.3 Å². The normalized spacial score (nSPS) is 12.1. The Morgan fingerprint density at radius 1 is 0.735 bits per heavy atom. The zero-order valence-corrected chi connectivity index (χ0v) is 21.1. The van der Waals surface area contributed by atoms with Crippen LogP contribution in [0.15, 0.2) is 65.6 Å². The third-order valence-corrected chi connectivity index (χ3v) is 7.20. The summed E-state index contributed by atoms with van der Waals surface area (Å²) >= 11 is 0. The van der Waals surface area contributed by atoms with E-state index < -0.39 is 10.1 Å². The van der Waals surface area contributed by atoms with Crippen molar-refractivity contribution in [1.82, 2.24) is 0 Å². The monoisotopic (exact) mass is 479 g/mol. The van der Waals surface area contributed by atoms with Crippen LogP contribution < -0.4 is 4.99 Å². The van der Waals surface area contributed by atoms with Gasteiger partial charge in [-0.05, 0) is 42.0 Å². The molecule has 1 aliphatic rings. The number of rotatable bonds is 12. The lowest BCUT2D eigenvalue weighted by atomic mass is 10.0. The average molecular weight is 480 g/mol. The average Bonchev–Trinajstić information content (AvgIpc) is 3.26. The highest BCUT2D eigenvalue weighted by molar-refractivity contribution is 7.85. The van der Waals surface area contributed by atoms with Crippen LogP contribution in [-0.4, -0.2) is 19.2 Å². The summed E-state index contributed by atoms with van der Waals surface area (Å²) in [5.74, 6) is 0. The minimum absolute atomic E-state index is 0.140. The molecule has 0 saturated carbocycles. The summed E-state index contributed by atoms with van der Waals surface area (Å²) in [6.07, 6.45) is 16.1. The second-order valence-corrected chi connectivity index (χ2v) is 10.4. The zero-order valence-electron chi connectivity index (χ0n) is 20.3. The van der Waals surface area contributed by atoms with Gasteiger partial charge in [0.05, 0.1) is 15.8 Å². The number of hydrogen-bond acceptors (Lipinski definition) is 3. The Hall–Kier alpha value is -2.50. The minimum atomic E-state index is -4.31. The van der Waals surface area contributed by atoms with Gasteiger partial charge in [-0.3, -0.25) is 0 Å². The first kappa shape index (κ1) is 26.1. The number of unbranched alkanes of at least 4 members (excludes halogenated alkanes) is 9. The standard InChI is InChI=1S/C18H30O3S.C11H7N/c1-2-3-4-5-6-7-8-9-10-11-12-17-13-15-18(16-14-17)22(19,20)21;1-3-8-4-2-6-10-11(8)9(5-1)7-12-10/h13-16H,2-12H2,1H3,(H,19,20,21);1-7H. The Balaban J connectivity index is 0.000000222. The van der Waals surface area contributed by atoms with Crippen LogP contribution in [0.3, 0.4) is 0 Å². The molecule has 0 unspecified atom stereocenters. The maximum atomic E-state index is 10.8. The minimum Gasteiger partial charge on any atom is -0.744 e. The maximum absolute atomic E-state index is 10.8. The summed E-state index contributed by atoms with van der Waals surface area (Å²) in [6, 6.07) is 19.0. The van der Waals surface area contributed by atoms with Crippen molar-refractivity contribution in [2.24, 2.45) is 0 Å². The van der Waals surface area contributed by atoms with Gasteiger partial charge in [0, 0.05) is 6.07 Å². The molecule has 0 aliphatic carbocycles. The van der Waals surface area contributed by atoms with Gasteiger partial charge in [-0.25, -0.2) is 13.4 Å². The van der Waals surface area contributed by atoms with Gasteiger partial charge in [-0.1, -0.05) is 101 Å². The molecular weight excluding hydrogens is 442 g/mol. The molecule has 0 amide bonds. The highest BCUT2D eigenvalue weighted by atomic mass is 32.2. The van der Waals surface area contributed by atoms with Crippen molar-refractivity contribution >= 4 is 32.8 Å². The van der Waals surface area contributed by atoms with Crippen LogP contribution in [0.5, 0.6) is 0 Å². The Kier molecular flexibility index (Phi) is 10.3. The van der Waals surface area contributed by atoms with E-state index in [2.05, 4.69) is 54.5 Å². The molecular formula is C29H37NO3S. The second-order valence-electron chi connectivity index (χ2n) is 9.07. The number of benzene rings is 3. The fourth-order valence-electron chi connectivity index (χ4n) is 4.41. The SMILES string of the molecule is C1=[NH+]c2cccc3cccc1c23.CCCCCCCCCCCCc1ccc(S(=O)(=O)[O-])cc1. The molecule has 0 fully saturated rings. The van der Waals surface area contributed by atoms with E-state index in [9.17, 15) is 13.0 Å². The van der Waals surface area contributed by atoms with Crippen LogP contribution in [0, 0.1) is 0 Å². The van der Waals surface area contributed by atoms with E-state index in [1.54, 1.807) is 12.1 Å². The molecule has 1 aliphatic heterocycles. The summed E-state index contributed by atoms with van der Waals surface area (Å²) < 4.78 is 32.5. The molecule has 182 valence electrons. The molecule has 0 atom stereocenters. The van der Waals surface area contributed by atoms with E-state index in [-0.39, 0.29) is 4.90 Å². The molecule has 3 aromatic rings. The first-order valence-electron chi connectivity index (χ1n) is 12.7. The predicted octanol–water partition coefficient (Wildman–Crippen LogP) is 6.04. The number of hydrogen-bond donors (Lipinski definition) is 1. The van der Waals surface area contributed by atoms with Crippen LogP contribution in [0.4, 0.5) is 5.69 Å². The van der Waals surface area contributed by atoms with Crippen LogP contribution >= 0.6 is 0 Å². The first-order valence-corrected chi connectivity index (χ1v) is 14.1. The third-order valence-electron chi connectivity index (χ3n) is 6.35. The van der Waals surface area contributed by atoms with Crippen LogP contribution in [0.25, 0.3) is 10.8 Å². The zero-order chi connectivity index (χ0) is 24.2. The largest absolute Gasteiger partial charge is 0.744 e. The van der Waals surface area contributed by atoms with Crippen molar-refractivity contribution in [2.75, 3.05) is 0 Å². The van der Waals surface area contributed by atoms with E-state index >= 15 is 0 Å². The molecule has 0 radical (unpaired) electrons. The van der Waals surface area contributed by atoms with Gasteiger partial charge in [0.15, 0.2) is 6.21 Å². The quantitative estimate of drug-likeness (QED) is 0.199. The Morgan fingerprint density at radius 2 is 1.32 bits per heavy atom. The van der Waals surface area contributed by atoms with E-state index in [1.165, 1.54) is 91.9 Å². The molecule has 1 heterocycles. The van der Waals surface area contributed by atoms with Crippen molar-refractivity contribution in [3.05, 3.63) is 71.8 Å². The summed E-state index contributed by atoms with van der Waals surface area (Å²) in [5.41, 5.74) is 3.62. The molecule has 0 bridgehead atoms. The van der Waals surface area contributed by atoms with Gasteiger partial charge < -0.3 is 4.55 Å². The topological polar surface area (TPSA) is 71.2 Å². The molecule has 1 N–H and O–H groups in total. The lowest BCUT2D eigenvalue weighted by Gasteiger charge is -2.08. The Bertz CT molecular complexity index is 1130. The maximum Gasteiger partial charge on any atom is 0.212 e. The second kappa shape index (κ2) is 13.4. The molecule has 0 spiro atoms. The van der Waals surface area contributed by atoms with Crippen molar-refractivity contribution < 1.29 is 18.0 Å². The van der Waals surface area contributed by atoms with Crippen molar-refractivity contribution in [3.63, 3.8) is 0 Å². The lowest BCUT2D eigenvalue weighted by molar-refractivity contribution is -0.342. The fraction of sp³-hybridized carbons (Fsp3) is 0.414. The molecule has 5 heteroatoms. The lowest BCUT2D eigenvalue weighted by Crippen LogP contribution is -2.59. The van der Waals surface area contributed by atoms with Crippen LogP contribution in [-0.2, 0) is 16.5 Å². The van der Waals surface area contributed by atoms with Gasteiger partial charge in [-0.15, -0.1) is 0 Å². The Morgan fingerprint density at radius 3 is 1.94 bits per heavy atom. The summed E-state index contributed by atoms with van der Waals surface area (Å²) in [7, 11) is -4.31. The van der Waals surface area contributed by atoms with Gasteiger partial charge in [0.25, 0.3) is 0 Å². The number of nitrogens with one attached hydrogen (secondary N) is 1. The van der Waals surface area contributed by atoms with Gasteiger partial charge in [-0.2, -0.15) is 0 Å². The van der Waals surface area contributed by atoms with Gasteiger partial charge in [0.2, 0.25) is 5.69 Å². The van der Waals surface area contributed by atoms with Gasteiger partial charge >= 0.3 is 0 Å². The summed E-state index contributed by atoms with van der Waals surface area (Å²) in [4.78, 5) is 3.11. The highest BCUT2D eigenvalue weighted by Crippen LogP contribution is 2.24. The van der Waals surface area contributed by atoms with Crippen molar-refractivity contribution in [1.29, 1.82) is 0 Å². The molecule has 4 rings (SSSR count). The molecule has 0 saturated heterocycles. The smallest absolute Gasteiger partial charge is 0.212 e. The van der Waals surface area contributed by atoms with E-state index in [4.69, 9.17) is 0 Å². The van der Waals surface area contributed by atoms with Crippen LogP contribution in [0.2, 0.25) is 0 Å². The third kappa shape index (κ3) is 8.07. The van der Waals surface area contributed by atoms with E-state index in [1.807, 2.05) is 0 Å². The molecule has 34 heavy (non-hydrogen) atoms. The Labute approximate surface area is 204 Å². The molecule has 0 aromatic heterocycles. The number of aryl methyl sites for hydroxylation is 1. The van der Waals surface area contributed by atoms with Crippen molar-refractivity contribution in [2.45, 2.75) is 82.4 Å².